The van der Waals surface area contributed by atoms with Crippen LogP contribution in [0.5, 0.6) is 0 Å². The van der Waals surface area contributed by atoms with Gasteiger partial charge >= 0.3 is 0 Å². The first-order valence-corrected chi connectivity index (χ1v) is 6.12. The van der Waals surface area contributed by atoms with Crippen molar-refractivity contribution in [1.29, 1.82) is 0 Å². The SMILES string of the molecule is Cc1cnc(NC2CCN3CCCC23)nc1. The smallest absolute Gasteiger partial charge is 0.222 e. The van der Waals surface area contributed by atoms with Gasteiger partial charge in [0, 0.05) is 31.0 Å². The third kappa shape index (κ3) is 1.78. The number of fused-ring (bicyclic) bond motifs is 1. The van der Waals surface area contributed by atoms with Crippen molar-refractivity contribution in [3.63, 3.8) is 0 Å². The summed E-state index contributed by atoms with van der Waals surface area (Å²) >= 11 is 0. The van der Waals surface area contributed by atoms with Crippen LogP contribution in [0.3, 0.4) is 0 Å². The highest BCUT2D eigenvalue weighted by Crippen LogP contribution is 2.29. The van der Waals surface area contributed by atoms with E-state index in [-0.39, 0.29) is 0 Å². The summed E-state index contributed by atoms with van der Waals surface area (Å²) in [6.45, 7) is 4.52. The second-order valence-corrected chi connectivity index (χ2v) is 4.87. The summed E-state index contributed by atoms with van der Waals surface area (Å²) in [5.74, 6) is 0.782. The molecule has 1 N–H and O–H groups in total. The van der Waals surface area contributed by atoms with Crippen LogP contribution in [-0.4, -0.2) is 40.0 Å². The number of nitrogens with one attached hydrogen (secondary N) is 1. The Balaban J connectivity index is 1.68. The number of nitrogens with zero attached hydrogens (tertiary/aromatic N) is 3. The van der Waals surface area contributed by atoms with Crippen LogP contribution in [0.4, 0.5) is 5.95 Å². The lowest BCUT2D eigenvalue weighted by molar-refractivity contribution is 0.318. The topological polar surface area (TPSA) is 41.1 Å². The Labute approximate surface area is 96.1 Å². The summed E-state index contributed by atoms with van der Waals surface area (Å²) in [5, 5.41) is 3.48. The van der Waals surface area contributed by atoms with Gasteiger partial charge in [0.2, 0.25) is 5.95 Å². The molecule has 4 heteroatoms. The van der Waals surface area contributed by atoms with E-state index in [4.69, 9.17) is 0 Å². The summed E-state index contributed by atoms with van der Waals surface area (Å²) in [5.41, 5.74) is 1.11. The maximum absolute atomic E-state index is 4.32. The van der Waals surface area contributed by atoms with Crippen LogP contribution in [-0.2, 0) is 0 Å². The molecule has 0 bridgehead atoms. The Bertz CT molecular complexity index is 362. The molecule has 3 heterocycles. The van der Waals surface area contributed by atoms with Gasteiger partial charge in [-0.3, -0.25) is 4.90 Å². The maximum atomic E-state index is 4.32. The lowest BCUT2D eigenvalue weighted by atomic mass is 10.1. The average Bonchev–Trinajstić information content (AvgIpc) is 2.86. The number of aryl methyl sites for hydroxylation is 1. The molecule has 0 aliphatic carbocycles. The minimum absolute atomic E-state index is 0.546. The fourth-order valence-electron chi connectivity index (χ4n) is 2.88. The minimum atomic E-state index is 0.546. The second-order valence-electron chi connectivity index (χ2n) is 4.87. The zero-order valence-corrected chi connectivity index (χ0v) is 9.69. The number of aromatic nitrogens is 2. The van der Waals surface area contributed by atoms with E-state index in [0.29, 0.717) is 12.1 Å². The average molecular weight is 218 g/mol. The van der Waals surface area contributed by atoms with Gasteiger partial charge in [-0.15, -0.1) is 0 Å². The van der Waals surface area contributed by atoms with Gasteiger partial charge in [-0.2, -0.15) is 0 Å². The predicted octanol–water partition coefficient (Wildman–Crippen LogP) is 1.43. The van der Waals surface area contributed by atoms with Gasteiger partial charge in [-0.25, -0.2) is 9.97 Å². The Hall–Kier alpha value is -1.16. The third-order valence-electron chi connectivity index (χ3n) is 3.70. The minimum Gasteiger partial charge on any atom is -0.350 e. The first kappa shape index (κ1) is 10.0. The summed E-state index contributed by atoms with van der Waals surface area (Å²) in [6, 6.07) is 1.26. The highest BCUT2D eigenvalue weighted by atomic mass is 15.3. The van der Waals surface area contributed by atoms with Gasteiger partial charge in [0.05, 0.1) is 0 Å². The quantitative estimate of drug-likeness (QED) is 0.815. The van der Waals surface area contributed by atoms with Gasteiger partial charge in [0.25, 0.3) is 0 Å². The summed E-state index contributed by atoms with van der Waals surface area (Å²) < 4.78 is 0. The lowest BCUT2D eigenvalue weighted by Gasteiger charge is -2.21. The van der Waals surface area contributed by atoms with Crippen molar-refractivity contribution < 1.29 is 0 Å². The standard InChI is InChI=1S/C12H18N4/c1-9-7-13-12(14-8-9)15-10-4-6-16-5-2-3-11(10)16/h7-8,10-11H,2-6H2,1H3,(H,13,14,15). The number of hydrogen-bond acceptors (Lipinski definition) is 4. The molecule has 16 heavy (non-hydrogen) atoms. The van der Waals surface area contributed by atoms with E-state index in [9.17, 15) is 0 Å². The molecule has 2 fully saturated rings. The Morgan fingerprint density at radius 3 is 2.88 bits per heavy atom. The monoisotopic (exact) mass is 218 g/mol. The van der Waals surface area contributed by atoms with Gasteiger partial charge < -0.3 is 5.32 Å². The van der Waals surface area contributed by atoms with E-state index < -0.39 is 0 Å². The van der Waals surface area contributed by atoms with E-state index in [0.717, 1.165) is 11.5 Å². The lowest BCUT2D eigenvalue weighted by Crippen LogP contribution is -2.34. The molecule has 3 rings (SSSR count). The molecule has 2 saturated heterocycles. The number of anilines is 1. The molecular formula is C12H18N4. The molecule has 0 amide bonds. The largest absolute Gasteiger partial charge is 0.350 e. The van der Waals surface area contributed by atoms with Crippen LogP contribution < -0.4 is 5.32 Å². The molecule has 4 nitrogen and oxygen atoms in total. The molecule has 0 saturated carbocycles. The van der Waals surface area contributed by atoms with Crippen molar-refractivity contribution in [3.05, 3.63) is 18.0 Å². The van der Waals surface area contributed by atoms with E-state index in [1.54, 1.807) is 0 Å². The second kappa shape index (κ2) is 4.01. The fourth-order valence-corrected chi connectivity index (χ4v) is 2.88. The van der Waals surface area contributed by atoms with E-state index in [1.165, 1.54) is 32.4 Å². The van der Waals surface area contributed by atoms with Crippen molar-refractivity contribution in [2.45, 2.75) is 38.3 Å². The summed E-state index contributed by atoms with van der Waals surface area (Å²) in [7, 11) is 0. The molecule has 2 aliphatic heterocycles. The molecule has 0 spiro atoms. The molecule has 1 aromatic rings. The summed E-state index contributed by atoms with van der Waals surface area (Å²) in [6.07, 6.45) is 7.64. The highest BCUT2D eigenvalue weighted by molar-refractivity contribution is 5.28. The van der Waals surface area contributed by atoms with E-state index in [1.807, 2.05) is 19.3 Å². The predicted molar refractivity (Wildman–Crippen MR) is 63.4 cm³/mol. The van der Waals surface area contributed by atoms with Gasteiger partial charge in [0.15, 0.2) is 0 Å². The first-order valence-electron chi connectivity index (χ1n) is 6.12. The molecule has 0 aromatic carbocycles. The summed E-state index contributed by atoms with van der Waals surface area (Å²) in [4.78, 5) is 11.2. The molecule has 1 aromatic heterocycles. The van der Waals surface area contributed by atoms with Gasteiger partial charge in [0.1, 0.15) is 0 Å². The Morgan fingerprint density at radius 2 is 2.06 bits per heavy atom. The first-order chi connectivity index (χ1) is 7.83. The van der Waals surface area contributed by atoms with Crippen LogP contribution in [0, 0.1) is 6.92 Å². The van der Waals surface area contributed by atoms with Crippen molar-refractivity contribution in [2.24, 2.45) is 0 Å². The maximum Gasteiger partial charge on any atom is 0.222 e. The molecule has 2 unspecified atom stereocenters. The van der Waals surface area contributed by atoms with Crippen molar-refractivity contribution in [2.75, 3.05) is 18.4 Å². The van der Waals surface area contributed by atoms with Gasteiger partial charge in [-0.05, 0) is 38.3 Å². The zero-order valence-electron chi connectivity index (χ0n) is 9.69. The Kier molecular flexibility index (Phi) is 2.52. The molecule has 0 radical (unpaired) electrons. The Morgan fingerprint density at radius 1 is 1.25 bits per heavy atom. The number of rotatable bonds is 2. The van der Waals surface area contributed by atoms with Crippen LogP contribution in [0.1, 0.15) is 24.8 Å². The van der Waals surface area contributed by atoms with Crippen LogP contribution in [0.25, 0.3) is 0 Å². The highest BCUT2D eigenvalue weighted by Gasteiger charge is 2.37. The van der Waals surface area contributed by atoms with Gasteiger partial charge in [-0.1, -0.05) is 0 Å². The van der Waals surface area contributed by atoms with Crippen molar-refractivity contribution >= 4 is 5.95 Å². The molecule has 2 atom stereocenters. The van der Waals surface area contributed by atoms with E-state index in [2.05, 4.69) is 20.2 Å². The van der Waals surface area contributed by atoms with Crippen LogP contribution in [0.15, 0.2) is 12.4 Å². The molecule has 2 aliphatic rings. The number of hydrogen-bond donors (Lipinski definition) is 1. The fraction of sp³-hybridized carbons (Fsp3) is 0.667. The molecular weight excluding hydrogens is 200 g/mol. The normalized spacial score (nSPS) is 29.3. The molecule has 86 valence electrons. The van der Waals surface area contributed by atoms with Crippen LogP contribution >= 0.6 is 0 Å². The third-order valence-corrected chi connectivity index (χ3v) is 3.70. The van der Waals surface area contributed by atoms with Crippen LogP contribution in [0.2, 0.25) is 0 Å². The zero-order chi connectivity index (χ0) is 11.0. The van der Waals surface area contributed by atoms with Crippen molar-refractivity contribution in [3.8, 4) is 0 Å². The van der Waals surface area contributed by atoms with E-state index >= 15 is 0 Å². The van der Waals surface area contributed by atoms with Crippen molar-refractivity contribution in [1.82, 2.24) is 14.9 Å².